The summed E-state index contributed by atoms with van der Waals surface area (Å²) in [5.41, 5.74) is 5.91. The SMILES string of the molecule is CCOC(=O)c1csc(C(C)(N)CC)n1. The molecule has 5 heteroatoms. The van der Waals surface area contributed by atoms with Gasteiger partial charge in [0, 0.05) is 5.38 Å². The van der Waals surface area contributed by atoms with E-state index in [4.69, 9.17) is 10.5 Å². The summed E-state index contributed by atoms with van der Waals surface area (Å²) in [4.78, 5) is 15.5. The number of carbonyl (C=O) groups is 1. The molecule has 1 rings (SSSR count). The number of hydrogen-bond donors (Lipinski definition) is 1. The molecule has 15 heavy (non-hydrogen) atoms. The Balaban J connectivity index is 2.85. The number of nitrogens with two attached hydrogens (primary N) is 1. The Morgan fingerprint density at radius 2 is 2.33 bits per heavy atom. The Morgan fingerprint density at radius 3 is 2.87 bits per heavy atom. The normalized spacial score (nSPS) is 14.7. The smallest absolute Gasteiger partial charge is 0.357 e. The van der Waals surface area contributed by atoms with Crippen molar-refractivity contribution in [1.82, 2.24) is 4.98 Å². The number of nitrogens with zero attached hydrogens (tertiary/aromatic N) is 1. The van der Waals surface area contributed by atoms with Gasteiger partial charge in [0.05, 0.1) is 12.1 Å². The first-order valence-corrected chi connectivity index (χ1v) is 5.81. The maximum absolute atomic E-state index is 11.4. The lowest BCUT2D eigenvalue weighted by molar-refractivity contribution is 0.0520. The number of thiazole rings is 1. The van der Waals surface area contributed by atoms with Crippen LogP contribution in [0.3, 0.4) is 0 Å². The molecule has 0 radical (unpaired) electrons. The number of hydrogen-bond acceptors (Lipinski definition) is 5. The van der Waals surface area contributed by atoms with E-state index in [-0.39, 0.29) is 5.97 Å². The minimum absolute atomic E-state index is 0.349. The molecule has 1 aromatic heterocycles. The minimum Gasteiger partial charge on any atom is -0.461 e. The quantitative estimate of drug-likeness (QED) is 0.799. The fourth-order valence-electron chi connectivity index (χ4n) is 0.986. The van der Waals surface area contributed by atoms with Crippen LogP contribution in [0.4, 0.5) is 0 Å². The van der Waals surface area contributed by atoms with Gasteiger partial charge < -0.3 is 10.5 Å². The third-order valence-electron chi connectivity index (χ3n) is 2.21. The van der Waals surface area contributed by atoms with Crippen molar-refractivity contribution >= 4 is 17.3 Å². The summed E-state index contributed by atoms with van der Waals surface area (Å²) in [5, 5.41) is 2.46. The molecule has 0 saturated carbocycles. The maximum atomic E-state index is 11.4. The highest BCUT2D eigenvalue weighted by atomic mass is 32.1. The second-order valence-electron chi connectivity index (χ2n) is 3.53. The summed E-state index contributed by atoms with van der Waals surface area (Å²) in [7, 11) is 0. The molecule has 1 atom stereocenters. The molecular weight excluding hydrogens is 212 g/mol. The van der Waals surface area contributed by atoms with Crippen LogP contribution in [0.15, 0.2) is 5.38 Å². The molecular formula is C10H16N2O2S. The van der Waals surface area contributed by atoms with E-state index in [1.165, 1.54) is 11.3 Å². The molecule has 2 N–H and O–H groups in total. The lowest BCUT2D eigenvalue weighted by atomic mass is 10.0. The molecule has 0 spiro atoms. The van der Waals surface area contributed by atoms with E-state index in [9.17, 15) is 4.79 Å². The van der Waals surface area contributed by atoms with Gasteiger partial charge in [0.1, 0.15) is 5.01 Å². The monoisotopic (exact) mass is 228 g/mol. The van der Waals surface area contributed by atoms with Gasteiger partial charge >= 0.3 is 5.97 Å². The predicted molar refractivity (Wildman–Crippen MR) is 59.9 cm³/mol. The van der Waals surface area contributed by atoms with E-state index in [1.54, 1.807) is 12.3 Å². The zero-order valence-corrected chi connectivity index (χ0v) is 10.1. The van der Waals surface area contributed by atoms with Crippen LogP contribution in [0, 0.1) is 0 Å². The van der Waals surface area contributed by atoms with Gasteiger partial charge in [-0.05, 0) is 20.3 Å². The van der Waals surface area contributed by atoms with Gasteiger partial charge in [-0.3, -0.25) is 0 Å². The second kappa shape index (κ2) is 4.72. The van der Waals surface area contributed by atoms with Gasteiger partial charge in [-0.2, -0.15) is 0 Å². The Morgan fingerprint density at radius 1 is 1.67 bits per heavy atom. The number of rotatable bonds is 4. The molecule has 0 fully saturated rings. The number of aromatic nitrogens is 1. The lowest BCUT2D eigenvalue weighted by Gasteiger charge is -2.18. The summed E-state index contributed by atoms with van der Waals surface area (Å²) < 4.78 is 4.85. The zero-order valence-electron chi connectivity index (χ0n) is 9.24. The van der Waals surface area contributed by atoms with Gasteiger partial charge in [0.25, 0.3) is 0 Å². The van der Waals surface area contributed by atoms with E-state index in [0.717, 1.165) is 11.4 Å². The number of carbonyl (C=O) groups excluding carboxylic acids is 1. The van der Waals surface area contributed by atoms with Crippen molar-refractivity contribution in [2.75, 3.05) is 6.61 Å². The zero-order chi connectivity index (χ0) is 11.5. The van der Waals surface area contributed by atoms with Crippen LogP contribution in [0.5, 0.6) is 0 Å². The van der Waals surface area contributed by atoms with Crippen molar-refractivity contribution in [3.8, 4) is 0 Å². The number of ether oxygens (including phenoxy) is 1. The molecule has 1 unspecified atom stereocenters. The third-order valence-corrected chi connectivity index (χ3v) is 3.33. The molecule has 0 aromatic carbocycles. The van der Waals surface area contributed by atoms with E-state index >= 15 is 0 Å². The fraction of sp³-hybridized carbons (Fsp3) is 0.600. The van der Waals surface area contributed by atoms with E-state index in [1.807, 2.05) is 13.8 Å². The molecule has 0 saturated heterocycles. The summed E-state index contributed by atoms with van der Waals surface area (Å²) in [6, 6.07) is 0. The number of esters is 1. The van der Waals surface area contributed by atoms with Gasteiger partial charge in [-0.1, -0.05) is 6.92 Å². The van der Waals surface area contributed by atoms with Crippen LogP contribution in [0.1, 0.15) is 42.7 Å². The van der Waals surface area contributed by atoms with Crippen LogP contribution in [0.25, 0.3) is 0 Å². The van der Waals surface area contributed by atoms with Crippen LogP contribution in [0.2, 0.25) is 0 Å². The summed E-state index contributed by atoms with van der Waals surface area (Å²) in [6.07, 6.45) is 0.781. The largest absolute Gasteiger partial charge is 0.461 e. The van der Waals surface area contributed by atoms with E-state index in [2.05, 4.69) is 4.98 Å². The topological polar surface area (TPSA) is 65.2 Å². The first-order valence-electron chi connectivity index (χ1n) is 4.93. The average Bonchev–Trinajstić information content (AvgIpc) is 2.67. The first kappa shape index (κ1) is 12.1. The van der Waals surface area contributed by atoms with E-state index in [0.29, 0.717) is 12.3 Å². The average molecular weight is 228 g/mol. The van der Waals surface area contributed by atoms with Crippen LogP contribution >= 0.6 is 11.3 Å². The minimum atomic E-state index is -0.463. The Hall–Kier alpha value is -0.940. The van der Waals surface area contributed by atoms with Gasteiger partial charge in [0.2, 0.25) is 0 Å². The van der Waals surface area contributed by atoms with Crippen LogP contribution < -0.4 is 5.73 Å². The first-order chi connectivity index (χ1) is 7.01. The van der Waals surface area contributed by atoms with Crippen molar-refractivity contribution in [2.45, 2.75) is 32.7 Å². The van der Waals surface area contributed by atoms with Crippen LogP contribution in [-0.4, -0.2) is 17.6 Å². The van der Waals surface area contributed by atoms with E-state index < -0.39 is 5.54 Å². The fourth-order valence-corrected chi connectivity index (χ4v) is 1.92. The molecule has 0 aliphatic carbocycles. The third kappa shape index (κ3) is 2.76. The molecule has 1 aromatic rings. The highest BCUT2D eigenvalue weighted by molar-refractivity contribution is 7.10. The molecule has 4 nitrogen and oxygen atoms in total. The lowest BCUT2D eigenvalue weighted by Crippen LogP contribution is -2.31. The maximum Gasteiger partial charge on any atom is 0.357 e. The summed E-state index contributed by atoms with van der Waals surface area (Å²) in [6.45, 7) is 6.02. The summed E-state index contributed by atoms with van der Waals surface area (Å²) >= 11 is 1.40. The van der Waals surface area contributed by atoms with Crippen molar-refractivity contribution in [3.63, 3.8) is 0 Å². The van der Waals surface area contributed by atoms with Crippen LogP contribution in [-0.2, 0) is 10.3 Å². The van der Waals surface area contributed by atoms with Gasteiger partial charge in [-0.25, -0.2) is 9.78 Å². The van der Waals surface area contributed by atoms with Gasteiger partial charge in [-0.15, -0.1) is 11.3 Å². The highest BCUT2D eigenvalue weighted by Gasteiger charge is 2.24. The van der Waals surface area contributed by atoms with Gasteiger partial charge in [0.15, 0.2) is 5.69 Å². The Kier molecular flexibility index (Phi) is 3.82. The highest BCUT2D eigenvalue weighted by Crippen LogP contribution is 2.24. The molecule has 0 aliphatic heterocycles. The Labute approximate surface area is 93.5 Å². The Bertz CT molecular complexity index is 347. The molecule has 1 heterocycles. The molecule has 84 valence electrons. The van der Waals surface area contributed by atoms with Crippen molar-refractivity contribution < 1.29 is 9.53 Å². The standard InChI is InChI=1S/C10H16N2O2S/c1-4-10(3,11)9-12-7(6-15-9)8(13)14-5-2/h6H,4-5,11H2,1-3H3. The second-order valence-corrected chi connectivity index (χ2v) is 4.39. The van der Waals surface area contributed by atoms with Crippen molar-refractivity contribution in [3.05, 3.63) is 16.1 Å². The molecule has 0 aliphatic rings. The predicted octanol–water partition coefficient (Wildman–Crippen LogP) is 1.90. The van der Waals surface area contributed by atoms with Crippen molar-refractivity contribution in [1.29, 1.82) is 0 Å². The summed E-state index contributed by atoms with van der Waals surface area (Å²) in [5.74, 6) is -0.382. The molecule has 0 bridgehead atoms. The molecule has 0 amide bonds. The van der Waals surface area contributed by atoms with Crippen molar-refractivity contribution in [2.24, 2.45) is 5.73 Å².